The third-order valence-electron chi connectivity index (χ3n) is 5.01. The number of rotatable bonds is 5. The van der Waals surface area contributed by atoms with Crippen molar-refractivity contribution in [3.63, 3.8) is 0 Å². The normalized spacial score (nSPS) is 15.8. The van der Waals surface area contributed by atoms with Crippen molar-refractivity contribution in [1.82, 2.24) is 10.2 Å². The number of hydrogen-bond acceptors (Lipinski definition) is 3. The number of ether oxygens (including phenoxy) is 1. The quantitative estimate of drug-likeness (QED) is 0.904. The van der Waals surface area contributed by atoms with Gasteiger partial charge in [-0.15, -0.1) is 0 Å². The number of likely N-dealkylation sites (tertiary alicyclic amines) is 1. The van der Waals surface area contributed by atoms with E-state index in [0.717, 1.165) is 38.2 Å². The van der Waals surface area contributed by atoms with Gasteiger partial charge in [-0.2, -0.15) is 0 Å². The zero-order valence-corrected chi connectivity index (χ0v) is 15.4. The van der Waals surface area contributed by atoms with Crippen LogP contribution in [0, 0.1) is 5.92 Å². The van der Waals surface area contributed by atoms with Crippen molar-refractivity contribution in [2.24, 2.45) is 5.92 Å². The van der Waals surface area contributed by atoms with Gasteiger partial charge in [0.15, 0.2) is 0 Å². The molecule has 25 heavy (non-hydrogen) atoms. The lowest BCUT2D eigenvalue weighted by molar-refractivity contribution is -0.135. The number of carbonyl (C=O) groups excluding carboxylic acids is 1. The van der Waals surface area contributed by atoms with Crippen LogP contribution in [-0.2, 0) is 11.3 Å². The van der Waals surface area contributed by atoms with Gasteiger partial charge in [0.05, 0.1) is 7.11 Å². The first-order valence-corrected chi connectivity index (χ1v) is 9.15. The molecule has 3 rings (SSSR count). The van der Waals surface area contributed by atoms with Gasteiger partial charge in [-0.1, -0.05) is 32.0 Å². The van der Waals surface area contributed by atoms with E-state index in [1.807, 2.05) is 24.8 Å². The van der Waals surface area contributed by atoms with E-state index in [-0.39, 0.29) is 11.8 Å². The first kappa shape index (κ1) is 17.7. The fourth-order valence-electron chi connectivity index (χ4n) is 3.44. The molecule has 4 heteroatoms. The molecule has 1 aliphatic heterocycles. The number of amides is 1. The number of carbonyl (C=O) groups is 1. The molecule has 0 saturated carbocycles. The molecule has 2 aromatic rings. The second-order valence-corrected chi connectivity index (χ2v) is 7.18. The molecule has 1 heterocycles. The summed E-state index contributed by atoms with van der Waals surface area (Å²) in [5.41, 5.74) is 1.29. The van der Waals surface area contributed by atoms with Gasteiger partial charge in [-0.3, -0.25) is 4.79 Å². The zero-order chi connectivity index (χ0) is 17.8. The molecule has 1 aliphatic rings. The average molecular weight is 340 g/mol. The van der Waals surface area contributed by atoms with E-state index in [0.29, 0.717) is 6.04 Å². The Hall–Kier alpha value is -2.07. The maximum Gasteiger partial charge on any atom is 0.225 e. The Labute approximate surface area is 150 Å². The minimum atomic E-state index is 0.0979. The molecule has 1 N–H and O–H groups in total. The maximum absolute atomic E-state index is 12.1. The summed E-state index contributed by atoms with van der Waals surface area (Å²) in [5.74, 6) is 1.27. The molecule has 0 atom stereocenters. The van der Waals surface area contributed by atoms with Crippen molar-refractivity contribution in [2.45, 2.75) is 39.3 Å². The molecule has 1 saturated heterocycles. The Balaban J connectivity index is 1.54. The van der Waals surface area contributed by atoms with Crippen molar-refractivity contribution in [2.75, 3.05) is 20.2 Å². The number of piperidine rings is 1. The van der Waals surface area contributed by atoms with Crippen LogP contribution in [0.3, 0.4) is 0 Å². The lowest BCUT2D eigenvalue weighted by atomic mass is 10.0. The van der Waals surface area contributed by atoms with Crippen LogP contribution < -0.4 is 10.1 Å². The number of nitrogens with one attached hydrogen (secondary N) is 1. The molecule has 0 radical (unpaired) electrons. The molecule has 0 bridgehead atoms. The molecule has 0 unspecified atom stereocenters. The van der Waals surface area contributed by atoms with Crippen LogP contribution in [0.25, 0.3) is 10.8 Å². The van der Waals surface area contributed by atoms with Crippen molar-refractivity contribution in [3.8, 4) is 5.75 Å². The number of benzene rings is 2. The average Bonchev–Trinajstić information content (AvgIpc) is 2.65. The number of methoxy groups -OCH3 is 1. The van der Waals surface area contributed by atoms with Gasteiger partial charge in [-0.05, 0) is 47.4 Å². The summed E-state index contributed by atoms with van der Waals surface area (Å²) in [5, 5.41) is 6.08. The highest BCUT2D eigenvalue weighted by Gasteiger charge is 2.23. The van der Waals surface area contributed by atoms with Crippen molar-refractivity contribution in [1.29, 1.82) is 0 Å². The topological polar surface area (TPSA) is 41.6 Å². The van der Waals surface area contributed by atoms with Gasteiger partial charge in [0, 0.05) is 31.6 Å². The SMILES string of the molecule is COc1ccc2cc(CNC3CCN(C(=O)C(C)C)CC3)ccc2c1. The number of fused-ring (bicyclic) bond motifs is 1. The van der Waals surface area contributed by atoms with Crippen LogP contribution in [-0.4, -0.2) is 37.0 Å². The van der Waals surface area contributed by atoms with E-state index in [9.17, 15) is 4.79 Å². The summed E-state index contributed by atoms with van der Waals surface area (Å²) < 4.78 is 5.28. The lowest BCUT2D eigenvalue weighted by Crippen LogP contribution is -2.45. The van der Waals surface area contributed by atoms with Crippen LogP contribution in [0.5, 0.6) is 5.75 Å². The molecule has 1 fully saturated rings. The van der Waals surface area contributed by atoms with Crippen LogP contribution >= 0.6 is 0 Å². The van der Waals surface area contributed by atoms with E-state index < -0.39 is 0 Å². The highest BCUT2D eigenvalue weighted by Crippen LogP contribution is 2.22. The molecule has 0 aromatic heterocycles. The predicted octanol–water partition coefficient (Wildman–Crippen LogP) is 3.59. The van der Waals surface area contributed by atoms with Crippen molar-refractivity contribution in [3.05, 3.63) is 42.0 Å². The number of nitrogens with zero attached hydrogens (tertiary/aromatic N) is 1. The Morgan fingerprint density at radius 2 is 1.84 bits per heavy atom. The minimum absolute atomic E-state index is 0.0979. The maximum atomic E-state index is 12.1. The Morgan fingerprint density at radius 1 is 1.16 bits per heavy atom. The Bertz CT molecular complexity index is 734. The minimum Gasteiger partial charge on any atom is -0.497 e. The van der Waals surface area contributed by atoms with Crippen LogP contribution in [0.15, 0.2) is 36.4 Å². The largest absolute Gasteiger partial charge is 0.497 e. The summed E-state index contributed by atoms with van der Waals surface area (Å²) >= 11 is 0. The lowest BCUT2D eigenvalue weighted by Gasteiger charge is -2.33. The molecule has 134 valence electrons. The summed E-state index contributed by atoms with van der Waals surface area (Å²) in [6.45, 7) is 6.55. The third kappa shape index (κ3) is 4.31. The van der Waals surface area contributed by atoms with E-state index in [1.54, 1.807) is 7.11 Å². The number of hydrogen-bond donors (Lipinski definition) is 1. The molecular formula is C21H28N2O2. The van der Waals surface area contributed by atoms with E-state index >= 15 is 0 Å². The predicted molar refractivity (Wildman–Crippen MR) is 102 cm³/mol. The summed E-state index contributed by atoms with van der Waals surface area (Å²) in [6.07, 6.45) is 2.06. The second-order valence-electron chi connectivity index (χ2n) is 7.18. The van der Waals surface area contributed by atoms with Gasteiger partial charge in [0.25, 0.3) is 0 Å². The molecule has 0 aliphatic carbocycles. The van der Waals surface area contributed by atoms with Gasteiger partial charge < -0.3 is 15.0 Å². The van der Waals surface area contributed by atoms with E-state index in [1.165, 1.54) is 16.3 Å². The molecule has 4 nitrogen and oxygen atoms in total. The Morgan fingerprint density at radius 3 is 2.52 bits per heavy atom. The summed E-state index contributed by atoms with van der Waals surface area (Å²) in [4.78, 5) is 14.1. The van der Waals surface area contributed by atoms with Gasteiger partial charge in [0.2, 0.25) is 5.91 Å². The third-order valence-corrected chi connectivity index (χ3v) is 5.01. The van der Waals surface area contributed by atoms with Crippen molar-refractivity contribution >= 4 is 16.7 Å². The first-order chi connectivity index (χ1) is 12.1. The van der Waals surface area contributed by atoms with Crippen molar-refractivity contribution < 1.29 is 9.53 Å². The van der Waals surface area contributed by atoms with Gasteiger partial charge in [-0.25, -0.2) is 0 Å². The molecule has 0 spiro atoms. The van der Waals surface area contributed by atoms with Gasteiger partial charge in [0.1, 0.15) is 5.75 Å². The monoisotopic (exact) mass is 340 g/mol. The van der Waals surface area contributed by atoms with Crippen LogP contribution in [0.4, 0.5) is 0 Å². The molecular weight excluding hydrogens is 312 g/mol. The highest BCUT2D eigenvalue weighted by molar-refractivity contribution is 5.84. The second kappa shape index (κ2) is 7.87. The van der Waals surface area contributed by atoms with E-state index in [2.05, 4.69) is 35.6 Å². The summed E-state index contributed by atoms with van der Waals surface area (Å²) in [7, 11) is 1.69. The standard InChI is InChI=1S/C21H28N2O2/c1-15(2)21(24)23-10-8-19(9-11-23)22-14-16-4-5-18-13-20(25-3)7-6-17(18)12-16/h4-7,12-13,15,19,22H,8-11,14H2,1-3H3. The Kier molecular flexibility index (Phi) is 5.59. The summed E-state index contributed by atoms with van der Waals surface area (Å²) in [6, 6.07) is 13.2. The zero-order valence-electron chi connectivity index (χ0n) is 15.4. The van der Waals surface area contributed by atoms with Gasteiger partial charge >= 0.3 is 0 Å². The fraction of sp³-hybridized carbons (Fsp3) is 0.476. The first-order valence-electron chi connectivity index (χ1n) is 9.15. The van der Waals surface area contributed by atoms with E-state index in [4.69, 9.17) is 4.74 Å². The molecule has 2 aromatic carbocycles. The fourth-order valence-corrected chi connectivity index (χ4v) is 3.44. The molecule has 1 amide bonds. The van der Waals surface area contributed by atoms with Crippen LogP contribution in [0.2, 0.25) is 0 Å². The highest BCUT2D eigenvalue weighted by atomic mass is 16.5. The smallest absolute Gasteiger partial charge is 0.225 e. The van der Waals surface area contributed by atoms with Crippen LogP contribution in [0.1, 0.15) is 32.3 Å².